The highest BCUT2D eigenvalue weighted by Crippen LogP contribution is 2.37. The number of anilines is 1. The molecule has 5 aromatic rings. The average molecular weight is 646 g/mol. The number of benzene rings is 4. The van der Waals surface area contributed by atoms with Gasteiger partial charge in [-0.15, -0.1) is 0 Å². The van der Waals surface area contributed by atoms with Crippen LogP contribution in [0.4, 0.5) is 5.69 Å². The normalized spacial score (nSPS) is 11.0. The Bertz CT molecular complexity index is 1670. The molecule has 0 aliphatic heterocycles. The minimum atomic E-state index is -0.398. The van der Waals surface area contributed by atoms with Crippen molar-refractivity contribution in [3.05, 3.63) is 86.3 Å². The molecule has 10 heteroatoms. The third-order valence-electron chi connectivity index (χ3n) is 5.42. The van der Waals surface area contributed by atoms with E-state index in [-0.39, 0.29) is 5.11 Å². The zero-order valence-corrected chi connectivity index (χ0v) is 23.3. The summed E-state index contributed by atoms with van der Waals surface area (Å²) in [5.41, 5.74) is 2.87. The van der Waals surface area contributed by atoms with Crippen LogP contribution < -0.4 is 15.4 Å². The quantitative estimate of drug-likeness (QED) is 0.193. The SMILES string of the molecule is COc1c(C(=O)NC(=S)Nc2ccc3oc(-c4cc(Br)ccc4Cl)nc3c2)cc2ccccc2c1Br. The molecule has 2 N–H and O–H groups in total. The predicted molar refractivity (Wildman–Crippen MR) is 154 cm³/mol. The Morgan fingerprint density at radius 2 is 1.89 bits per heavy atom. The maximum absolute atomic E-state index is 13.1. The molecule has 6 nitrogen and oxygen atoms in total. The number of aromatic nitrogens is 1. The van der Waals surface area contributed by atoms with Crippen LogP contribution in [0.5, 0.6) is 5.75 Å². The molecule has 5 rings (SSSR count). The third-order valence-corrected chi connectivity index (χ3v) is 7.24. The van der Waals surface area contributed by atoms with Gasteiger partial charge in [0.05, 0.1) is 27.7 Å². The number of halogens is 3. The predicted octanol–water partition coefficient (Wildman–Crippen LogP) is 7.96. The van der Waals surface area contributed by atoms with E-state index in [2.05, 4.69) is 47.5 Å². The van der Waals surface area contributed by atoms with Gasteiger partial charge >= 0.3 is 0 Å². The lowest BCUT2D eigenvalue weighted by Crippen LogP contribution is -2.34. The van der Waals surface area contributed by atoms with Gasteiger partial charge in [-0.3, -0.25) is 10.1 Å². The zero-order valence-electron chi connectivity index (χ0n) is 18.6. The van der Waals surface area contributed by atoms with E-state index in [1.807, 2.05) is 36.4 Å². The maximum Gasteiger partial charge on any atom is 0.261 e. The summed E-state index contributed by atoms with van der Waals surface area (Å²) in [6.45, 7) is 0. The Hall–Kier alpha value is -2.98. The summed E-state index contributed by atoms with van der Waals surface area (Å²) in [4.78, 5) is 17.6. The molecule has 1 heterocycles. The fourth-order valence-electron chi connectivity index (χ4n) is 3.77. The second-order valence-electron chi connectivity index (χ2n) is 7.73. The van der Waals surface area contributed by atoms with Crippen LogP contribution in [0, 0.1) is 0 Å². The van der Waals surface area contributed by atoms with Gasteiger partial charge < -0.3 is 14.5 Å². The molecule has 4 aromatic carbocycles. The summed E-state index contributed by atoms with van der Waals surface area (Å²) in [5, 5.41) is 8.24. The average Bonchev–Trinajstić information content (AvgIpc) is 3.28. The van der Waals surface area contributed by atoms with Crippen molar-refractivity contribution in [3.8, 4) is 17.2 Å². The van der Waals surface area contributed by atoms with E-state index in [0.717, 1.165) is 15.2 Å². The van der Waals surface area contributed by atoms with Gasteiger partial charge in [0, 0.05) is 10.2 Å². The number of hydrogen-bond donors (Lipinski definition) is 2. The van der Waals surface area contributed by atoms with Crippen LogP contribution in [0.25, 0.3) is 33.3 Å². The highest BCUT2D eigenvalue weighted by Gasteiger charge is 2.19. The molecule has 0 fully saturated rings. The van der Waals surface area contributed by atoms with Gasteiger partial charge in [0.2, 0.25) is 5.89 Å². The number of nitrogens with zero attached hydrogens (tertiary/aromatic N) is 1. The van der Waals surface area contributed by atoms with E-state index in [1.165, 1.54) is 7.11 Å². The topological polar surface area (TPSA) is 76.4 Å². The van der Waals surface area contributed by atoms with Crippen molar-refractivity contribution in [1.29, 1.82) is 0 Å². The first-order valence-corrected chi connectivity index (χ1v) is 12.9. The van der Waals surface area contributed by atoms with Crippen molar-refractivity contribution in [3.63, 3.8) is 0 Å². The Labute approximate surface area is 233 Å². The van der Waals surface area contributed by atoms with Gasteiger partial charge in [0.1, 0.15) is 11.3 Å². The number of ether oxygens (including phenoxy) is 1. The van der Waals surface area contributed by atoms with Gasteiger partial charge in [0.25, 0.3) is 5.91 Å². The fraction of sp³-hybridized carbons (Fsp3) is 0.0385. The Morgan fingerprint density at radius 1 is 1.08 bits per heavy atom. The van der Waals surface area contributed by atoms with Crippen molar-refractivity contribution in [2.75, 3.05) is 12.4 Å². The number of hydrogen-bond acceptors (Lipinski definition) is 5. The molecule has 180 valence electrons. The Balaban J connectivity index is 1.36. The van der Waals surface area contributed by atoms with Crippen LogP contribution in [-0.2, 0) is 0 Å². The van der Waals surface area contributed by atoms with E-state index in [9.17, 15) is 4.79 Å². The van der Waals surface area contributed by atoms with Crippen molar-refractivity contribution in [1.82, 2.24) is 10.3 Å². The molecule has 1 aromatic heterocycles. The van der Waals surface area contributed by atoms with Gasteiger partial charge in [-0.1, -0.05) is 51.8 Å². The number of nitrogens with one attached hydrogen (secondary N) is 2. The molecule has 0 saturated heterocycles. The number of carbonyl (C=O) groups excluding carboxylic acids is 1. The Kier molecular flexibility index (Phi) is 6.98. The van der Waals surface area contributed by atoms with Crippen molar-refractivity contribution in [2.45, 2.75) is 0 Å². The van der Waals surface area contributed by atoms with Gasteiger partial charge in [0.15, 0.2) is 10.7 Å². The molecular formula is C26H16Br2ClN3O3S. The van der Waals surface area contributed by atoms with Crippen LogP contribution in [0.2, 0.25) is 5.02 Å². The molecule has 0 unspecified atom stereocenters. The number of thiocarbonyl (C=S) groups is 1. The van der Waals surface area contributed by atoms with Crippen LogP contribution >= 0.6 is 55.7 Å². The van der Waals surface area contributed by atoms with Crippen molar-refractivity contribution < 1.29 is 13.9 Å². The second kappa shape index (κ2) is 10.2. The molecule has 0 aliphatic carbocycles. The number of fused-ring (bicyclic) bond motifs is 2. The maximum atomic E-state index is 13.1. The van der Waals surface area contributed by atoms with E-state index < -0.39 is 5.91 Å². The van der Waals surface area contributed by atoms with Gasteiger partial charge in [-0.05, 0) is 81.4 Å². The van der Waals surface area contributed by atoms with Crippen LogP contribution in [0.1, 0.15) is 10.4 Å². The van der Waals surface area contributed by atoms with Crippen molar-refractivity contribution >= 4 is 94.3 Å². The zero-order chi connectivity index (χ0) is 25.4. The lowest BCUT2D eigenvalue weighted by molar-refractivity contribution is 0.0975. The summed E-state index contributed by atoms with van der Waals surface area (Å²) < 4.78 is 12.9. The molecule has 0 saturated carbocycles. The fourth-order valence-corrected chi connectivity index (χ4v) is 5.27. The molecular weight excluding hydrogens is 630 g/mol. The summed E-state index contributed by atoms with van der Waals surface area (Å²) in [6.07, 6.45) is 0. The lowest BCUT2D eigenvalue weighted by atomic mass is 10.1. The molecule has 0 aliphatic rings. The summed E-state index contributed by atoms with van der Waals surface area (Å²) >= 11 is 18.7. The van der Waals surface area contributed by atoms with Gasteiger partial charge in [-0.2, -0.15) is 0 Å². The van der Waals surface area contributed by atoms with Crippen LogP contribution in [0.15, 0.2) is 80.1 Å². The lowest BCUT2D eigenvalue weighted by Gasteiger charge is -2.14. The van der Waals surface area contributed by atoms with Crippen molar-refractivity contribution in [2.24, 2.45) is 0 Å². The first-order chi connectivity index (χ1) is 17.3. The summed E-state index contributed by atoms with van der Waals surface area (Å²) in [6, 6.07) is 20.3. The smallest absolute Gasteiger partial charge is 0.261 e. The molecule has 1 amide bonds. The molecule has 0 radical (unpaired) electrons. The number of amides is 1. The monoisotopic (exact) mass is 643 g/mol. The summed E-state index contributed by atoms with van der Waals surface area (Å²) in [7, 11) is 1.52. The number of oxazole rings is 1. The molecule has 0 atom stereocenters. The molecule has 0 spiro atoms. The molecule has 36 heavy (non-hydrogen) atoms. The highest BCUT2D eigenvalue weighted by molar-refractivity contribution is 9.11. The van der Waals surface area contributed by atoms with E-state index in [1.54, 1.807) is 30.3 Å². The standard InChI is InChI=1S/C26H16Br2ClN3O3S/c1-34-23-18(10-13-4-2-3-5-16(13)22(23)28)24(33)32-26(36)30-15-7-9-21-20(12-15)31-25(35-21)17-11-14(27)6-8-19(17)29/h2-12H,1H3,(H2,30,32,33,36). The van der Waals surface area contributed by atoms with Gasteiger partial charge in [-0.25, -0.2) is 4.98 Å². The van der Waals surface area contributed by atoms with Crippen LogP contribution in [0.3, 0.4) is 0 Å². The number of rotatable bonds is 4. The van der Waals surface area contributed by atoms with E-state index in [4.69, 9.17) is 33.0 Å². The van der Waals surface area contributed by atoms with E-state index in [0.29, 0.717) is 49.0 Å². The number of methoxy groups -OCH3 is 1. The van der Waals surface area contributed by atoms with Crippen LogP contribution in [-0.4, -0.2) is 23.1 Å². The minimum Gasteiger partial charge on any atom is -0.495 e. The largest absolute Gasteiger partial charge is 0.495 e. The second-order valence-corrected chi connectivity index (χ2v) is 10.3. The first kappa shape index (κ1) is 24.7. The van der Waals surface area contributed by atoms with E-state index >= 15 is 0 Å². The molecule has 0 bridgehead atoms. The number of carbonyl (C=O) groups is 1. The highest BCUT2D eigenvalue weighted by atomic mass is 79.9. The third kappa shape index (κ3) is 4.84. The first-order valence-electron chi connectivity index (χ1n) is 10.6. The minimum absolute atomic E-state index is 0.129. The Morgan fingerprint density at radius 3 is 2.69 bits per heavy atom. The summed E-state index contributed by atoms with van der Waals surface area (Å²) in [5.74, 6) is 0.431.